The molecule has 0 saturated heterocycles. The lowest BCUT2D eigenvalue weighted by molar-refractivity contribution is 0.377. The highest BCUT2D eigenvalue weighted by Crippen LogP contribution is 2.38. The summed E-state index contributed by atoms with van der Waals surface area (Å²) in [5.41, 5.74) is 2.08. The average Bonchev–Trinajstić information content (AvgIpc) is 3.10. The van der Waals surface area contributed by atoms with Crippen molar-refractivity contribution in [2.75, 3.05) is 5.32 Å². The molecule has 2 heterocycles. The van der Waals surface area contributed by atoms with Gasteiger partial charge in [-0.3, -0.25) is 0 Å². The number of nitrogens with zero attached hydrogens (tertiary/aromatic N) is 6. The summed E-state index contributed by atoms with van der Waals surface area (Å²) in [5.74, 6) is 2.36. The fourth-order valence-corrected chi connectivity index (χ4v) is 2.16. The molecule has 0 atom stereocenters. The van der Waals surface area contributed by atoms with Crippen molar-refractivity contribution in [1.82, 2.24) is 30.3 Å². The number of anilines is 1. The van der Waals surface area contributed by atoms with E-state index in [-0.39, 0.29) is 0 Å². The van der Waals surface area contributed by atoms with Crippen molar-refractivity contribution in [2.45, 2.75) is 32.2 Å². The third-order valence-corrected chi connectivity index (χ3v) is 3.57. The molecule has 0 unspecified atom stereocenters. The minimum absolute atomic E-state index is 0.395. The summed E-state index contributed by atoms with van der Waals surface area (Å²) in [7, 11) is 0. The molecule has 22 heavy (non-hydrogen) atoms. The second kappa shape index (κ2) is 5.21. The molecule has 4 rings (SSSR count). The number of hydrogen-bond donors (Lipinski definition) is 1. The Morgan fingerprint density at radius 3 is 2.86 bits per heavy atom. The lowest BCUT2D eigenvalue weighted by Crippen LogP contribution is -2.07. The maximum absolute atomic E-state index is 5.22. The minimum Gasteiger partial charge on any atom is -0.344 e. The van der Waals surface area contributed by atoms with Crippen molar-refractivity contribution in [1.29, 1.82) is 0 Å². The van der Waals surface area contributed by atoms with Gasteiger partial charge in [0, 0.05) is 5.92 Å². The first-order valence-electron chi connectivity index (χ1n) is 7.21. The van der Waals surface area contributed by atoms with Gasteiger partial charge in [-0.2, -0.15) is 9.67 Å². The zero-order chi connectivity index (χ0) is 14.9. The normalized spacial score (nSPS) is 14.2. The number of hydrogen-bond acceptors (Lipinski definition) is 7. The van der Waals surface area contributed by atoms with E-state index in [0.29, 0.717) is 24.3 Å². The smallest absolute Gasteiger partial charge is 0.248 e. The SMILES string of the molecule is Cc1ccc(-n2nnnc2NCc2nc(C3CC3)no2)cc1. The van der Waals surface area contributed by atoms with E-state index in [1.807, 2.05) is 31.2 Å². The predicted octanol–water partition coefficient (Wildman–Crippen LogP) is 1.84. The molecule has 2 aromatic heterocycles. The van der Waals surface area contributed by atoms with E-state index >= 15 is 0 Å². The highest BCUT2D eigenvalue weighted by molar-refractivity contribution is 5.39. The topological polar surface area (TPSA) is 94.6 Å². The zero-order valence-electron chi connectivity index (χ0n) is 12.1. The molecule has 1 aliphatic carbocycles. The van der Waals surface area contributed by atoms with Crippen LogP contribution in [0.4, 0.5) is 5.95 Å². The maximum Gasteiger partial charge on any atom is 0.248 e. The van der Waals surface area contributed by atoms with Crippen LogP contribution in [0.5, 0.6) is 0 Å². The van der Waals surface area contributed by atoms with Gasteiger partial charge < -0.3 is 9.84 Å². The second-order valence-corrected chi connectivity index (χ2v) is 5.42. The number of aromatic nitrogens is 6. The quantitative estimate of drug-likeness (QED) is 0.767. The molecule has 1 aromatic carbocycles. The van der Waals surface area contributed by atoms with Crippen LogP contribution in [0.25, 0.3) is 5.69 Å². The van der Waals surface area contributed by atoms with Crippen molar-refractivity contribution in [3.05, 3.63) is 41.5 Å². The van der Waals surface area contributed by atoms with Crippen LogP contribution in [0.3, 0.4) is 0 Å². The molecular formula is C14H15N7O. The number of rotatable bonds is 5. The van der Waals surface area contributed by atoms with E-state index in [9.17, 15) is 0 Å². The van der Waals surface area contributed by atoms with Crippen LogP contribution in [-0.4, -0.2) is 30.3 Å². The summed E-state index contributed by atoms with van der Waals surface area (Å²) in [6, 6.07) is 7.96. The van der Waals surface area contributed by atoms with Gasteiger partial charge in [-0.15, -0.1) is 0 Å². The van der Waals surface area contributed by atoms with E-state index in [2.05, 4.69) is 31.0 Å². The fourth-order valence-electron chi connectivity index (χ4n) is 2.16. The predicted molar refractivity (Wildman–Crippen MR) is 77.5 cm³/mol. The fraction of sp³-hybridized carbons (Fsp3) is 0.357. The Morgan fingerprint density at radius 1 is 1.27 bits per heavy atom. The molecule has 1 N–H and O–H groups in total. The molecule has 1 aliphatic rings. The van der Waals surface area contributed by atoms with Gasteiger partial charge in [-0.1, -0.05) is 28.0 Å². The number of benzene rings is 1. The Balaban J connectivity index is 1.48. The van der Waals surface area contributed by atoms with Crippen LogP contribution in [0, 0.1) is 6.92 Å². The first-order valence-corrected chi connectivity index (χ1v) is 7.21. The molecule has 112 valence electrons. The van der Waals surface area contributed by atoms with Crippen molar-refractivity contribution in [3.8, 4) is 5.69 Å². The maximum atomic E-state index is 5.22. The molecule has 3 aromatic rings. The van der Waals surface area contributed by atoms with Crippen LogP contribution in [0.15, 0.2) is 28.8 Å². The highest BCUT2D eigenvalue weighted by atomic mass is 16.5. The van der Waals surface area contributed by atoms with Gasteiger partial charge in [-0.05, 0) is 42.3 Å². The highest BCUT2D eigenvalue weighted by Gasteiger charge is 2.28. The number of nitrogens with one attached hydrogen (secondary N) is 1. The molecule has 0 radical (unpaired) electrons. The Bertz CT molecular complexity index is 773. The van der Waals surface area contributed by atoms with Gasteiger partial charge in [-0.25, -0.2) is 0 Å². The molecule has 1 fully saturated rings. The van der Waals surface area contributed by atoms with Crippen LogP contribution >= 0.6 is 0 Å². The first kappa shape index (κ1) is 12.9. The van der Waals surface area contributed by atoms with E-state index in [1.54, 1.807) is 4.68 Å². The molecule has 0 aliphatic heterocycles. The Kier molecular flexibility index (Phi) is 3.06. The number of aryl methyl sites for hydroxylation is 1. The lowest BCUT2D eigenvalue weighted by atomic mass is 10.2. The second-order valence-electron chi connectivity index (χ2n) is 5.42. The van der Waals surface area contributed by atoms with Crippen molar-refractivity contribution in [2.24, 2.45) is 0 Å². The summed E-state index contributed by atoms with van der Waals surface area (Å²) in [6.07, 6.45) is 2.30. The summed E-state index contributed by atoms with van der Waals surface area (Å²) in [4.78, 5) is 4.37. The van der Waals surface area contributed by atoms with E-state index in [4.69, 9.17) is 4.52 Å². The van der Waals surface area contributed by atoms with Crippen molar-refractivity contribution in [3.63, 3.8) is 0 Å². The third-order valence-electron chi connectivity index (χ3n) is 3.57. The first-order chi connectivity index (χ1) is 10.8. The van der Waals surface area contributed by atoms with Crippen molar-refractivity contribution >= 4 is 5.95 Å². The zero-order valence-corrected chi connectivity index (χ0v) is 12.1. The monoisotopic (exact) mass is 297 g/mol. The van der Waals surface area contributed by atoms with Gasteiger partial charge >= 0.3 is 0 Å². The molecule has 0 bridgehead atoms. The molecule has 1 saturated carbocycles. The van der Waals surface area contributed by atoms with E-state index in [0.717, 1.165) is 24.4 Å². The summed E-state index contributed by atoms with van der Waals surface area (Å²) in [6.45, 7) is 2.43. The largest absolute Gasteiger partial charge is 0.344 e. The lowest BCUT2D eigenvalue weighted by Gasteiger charge is -2.05. The van der Waals surface area contributed by atoms with Gasteiger partial charge in [0.15, 0.2) is 5.82 Å². The summed E-state index contributed by atoms with van der Waals surface area (Å²) >= 11 is 0. The molecule has 8 heteroatoms. The number of tetrazole rings is 1. The van der Waals surface area contributed by atoms with Crippen molar-refractivity contribution < 1.29 is 4.52 Å². The van der Waals surface area contributed by atoms with Crippen LogP contribution in [-0.2, 0) is 6.54 Å². The Hall–Kier alpha value is -2.77. The van der Waals surface area contributed by atoms with Gasteiger partial charge in [0.05, 0.1) is 12.2 Å². The van der Waals surface area contributed by atoms with Gasteiger partial charge in [0.25, 0.3) is 0 Å². The molecule has 0 amide bonds. The van der Waals surface area contributed by atoms with E-state index in [1.165, 1.54) is 5.56 Å². The molecule has 0 spiro atoms. The van der Waals surface area contributed by atoms with Crippen LogP contribution in [0.2, 0.25) is 0 Å². The van der Waals surface area contributed by atoms with Crippen LogP contribution < -0.4 is 5.32 Å². The van der Waals surface area contributed by atoms with Gasteiger partial charge in [0.2, 0.25) is 11.8 Å². The molecular weight excluding hydrogens is 282 g/mol. The van der Waals surface area contributed by atoms with E-state index < -0.39 is 0 Å². The van der Waals surface area contributed by atoms with Gasteiger partial charge in [0.1, 0.15) is 0 Å². The Labute approximate surface area is 126 Å². The standard InChI is InChI=1S/C14H15N7O/c1-9-2-6-11(7-3-9)21-14(17-19-20-21)15-8-12-16-13(18-22-12)10-4-5-10/h2-3,6-7,10H,4-5,8H2,1H3,(H,15,17,20). The average molecular weight is 297 g/mol. The summed E-state index contributed by atoms with van der Waals surface area (Å²) in [5, 5.41) is 18.8. The van der Waals surface area contributed by atoms with Crippen LogP contribution in [0.1, 0.15) is 36.0 Å². The summed E-state index contributed by atoms with van der Waals surface area (Å²) < 4.78 is 6.86. The minimum atomic E-state index is 0.395. The molecule has 8 nitrogen and oxygen atoms in total. The third kappa shape index (κ3) is 2.54. The Morgan fingerprint density at radius 2 is 2.09 bits per heavy atom.